The Balaban J connectivity index is 1.59. The van der Waals surface area contributed by atoms with Gasteiger partial charge in [-0.3, -0.25) is 9.78 Å². The number of hydrogen-bond donors (Lipinski definition) is 1. The van der Waals surface area contributed by atoms with Crippen molar-refractivity contribution in [3.05, 3.63) is 70.4 Å². The number of amides is 1. The van der Waals surface area contributed by atoms with Crippen molar-refractivity contribution >= 4 is 40.4 Å². The van der Waals surface area contributed by atoms with Crippen molar-refractivity contribution in [2.24, 2.45) is 11.3 Å². The number of nitrogens with zero attached hydrogens (tertiary/aromatic N) is 1. The summed E-state index contributed by atoms with van der Waals surface area (Å²) in [6.07, 6.45) is 2.43. The highest BCUT2D eigenvalue weighted by molar-refractivity contribution is 6.07. The van der Waals surface area contributed by atoms with Crippen molar-refractivity contribution in [3.8, 4) is 0 Å². The van der Waals surface area contributed by atoms with E-state index in [2.05, 4.69) is 26.1 Å². The summed E-state index contributed by atoms with van der Waals surface area (Å²) in [7, 11) is 2.42. The molecular weight excluding hydrogens is 500 g/mol. The molecule has 1 atom stereocenters. The third-order valence-electron chi connectivity index (χ3n) is 7.14. The number of fused-ring (bicyclic) bond motifs is 2. The van der Waals surface area contributed by atoms with E-state index in [4.69, 9.17) is 19.2 Å². The Hall–Kier alpha value is -4.27. The van der Waals surface area contributed by atoms with E-state index in [0.29, 0.717) is 28.8 Å². The molecule has 0 bridgehead atoms. The van der Waals surface area contributed by atoms with E-state index in [1.807, 2.05) is 24.3 Å². The molecule has 3 aromatic rings. The summed E-state index contributed by atoms with van der Waals surface area (Å²) in [6, 6.07) is 11.4. The maximum atomic E-state index is 13.5. The van der Waals surface area contributed by atoms with Gasteiger partial charge in [0.15, 0.2) is 6.61 Å². The quantitative estimate of drug-likeness (QED) is 0.357. The summed E-state index contributed by atoms with van der Waals surface area (Å²) >= 11 is 0. The van der Waals surface area contributed by atoms with Crippen LogP contribution in [0, 0.1) is 11.3 Å². The van der Waals surface area contributed by atoms with Gasteiger partial charge in [-0.25, -0.2) is 14.4 Å². The van der Waals surface area contributed by atoms with Crippen LogP contribution in [0.2, 0.25) is 0 Å². The number of carbonyl (C=O) groups is 4. The second kappa shape index (κ2) is 11.2. The predicted molar refractivity (Wildman–Crippen MR) is 145 cm³/mol. The zero-order chi connectivity index (χ0) is 28.3. The molecule has 9 nitrogen and oxygen atoms in total. The Kier molecular flexibility index (Phi) is 7.99. The minimum atomic E-state index is -0.706. The standard InChI is InChI=1S/C30H32N2O7/c1-30(2,3)18-11-13-23-21(15-18)26(19-8-6-7-9-22(19)31-23)29(36)39-16-25(33)32-24-14-17(27(34)37-4)10-12-20(24)28(35)38-5/h6-10,12,14,18H,11,13,15-16H2,1-5H3,(H,32,33). The van der Waals surface area contributed by atoms with Gasteiger partial charge in [-0.15, -0.1) is 0 Å². The molecule has 0 radical (unpaired) electrons. The number of methoxy groups -OCH3 is 2. The van der Waals surface area contributed by atoms with Crippen LogP contribution in [0.3, 0.4) is 0 Å². The molecule has 4 rings (SSSR count). The fraction of sp³-hybridized carbons (Fsp3) is 0.367. The van der Waals surface area contributed by atoms with E-state index in [1.165, 1.54) is 32.4 Å². The number of para-hydroxylation sites is 1. The average Bonchev–Trinajstić information content (AvgIpc) is 2.92. The van der Waals surface area contributed by atoms with Gasteiger partial charge in [0.25, 0.3) is 5.91 Å². The summed E-state index contributed by atoms with van der Waals surface area (Å²) in [5.41, 5.74) is 3.13. The molecule has 0 fully saturated rings. The minimum Gasteiger partial charge on any atom is -0.465 e. The molecule has 1 unspecified atom stereocenters. The Labute approximate surface area is 226 Å². The highest BCUT2D eigenvalue weighted by Crippen LogP contribution is 2.39. The van der Waals surface area contributed by atoms with E-state index >= 15 is 0 Å². The van der Waals surface area contributed by atoms with Crippen molar-refractivity contribution in [3.63, 3.8) is 0 Å². The summed E-state index contributed by atoms with van der Waals surface area (Å²) in [4.78, 5) is 55.3. The molecule has 1 aliphatic carbocycles. The van der Waals surface area contributed by atoms with Crippen molar-refractivity contribution in [2.45, 2.75) is 40.0 Å². The Morgan fingerprint density at radius 2 is 1.69 bits per heavy atom. The molecule has 0 saturated heterocycles. The lowest BCUT2D eigenvalue weighted by atomic mass is 9.70. The summed E-state index contributed by atoms with van der Waals surface area (Å²) in [5, 5.41) is 3.22. The van der Waals surface area contributed by atoms with Gasteiger partial charge in [-0.2, -0.15) is 0 Å². The van der Waals surface area contributed by atoms with Crippen molar-refractivity contribution in [1.82, 2.24) is 4.98 Å². The number of anilines is 1. The Morgan fingerprint density at radius 1 is 0.974 bits per heavy atom. The zero-order valence-electron chi connectivity index (χ0n) is 22.8. The fourth-order valence-corrected chi connectivity index (χ4v) is 4.93. The van der Waals surface area contributed by atoms with E-state index in [0.717, 1.165) is 24.1 Å². The van der Waals surface area contributed by atoms with Crippen molar-refractivity contribution in [2.75, 3.05) is 26.1 Å². The van der Waals surface area contributed by atoms with E-state index in [1.54, 1.807) is 0 Å². The third kappa shape index (κ3) is 5.92. The molecule has 1 amide bonds. The zero-order valence-corrected chi connectivity index (χ0v) is 22.8. The number of benzene rings is 2. The number of esters is 3. The fourth-order valence-electron chi connectivity index (χ4n) is 4.93. The van der Waals surface area contributed by atoms with Gasteiger partial charge in [-0.1, -0.05) is 39.0 Å². The number of hydrogen-bond acceptors (Lipinski definition) is 8. The first-order valence-electron chi connectivity index (χ1n) is 12.7. The number of aryl methyl sites for hydroxylation is 1. The van der Waals surface area contributed by atoms with Gasteiger partial charge >= 0.3 is 17.9 Å². The van der Waals surface area contributed by atoms with Gasteiger partial charge in [0.2, 0.25) is 0 Å². The number of nitrogens with one attached hydrogen (secondary N) is 1. The molecule has 1 aliphatic rings. The van der Waals surface area contributed by atoms with Crippen molar-refractivity contribution in [1.29, 1.82) is 0 Å². The second-order valence-electron chi connectivity index (χ2n) is 10.6. The van der Waals surface area contributed by atoms with Crippen LogP contribution in [0.1, 0.15) is 69.5 Å². The first-order valence-corrected chi connectivity index (χ1v) is 12.7. The molecule has 9 heteroatoms. The first-order chi connectivity index (χ1) is 18.5. The third-order valence-corrected chi connectivity index (χ3v) is 7.14. The Bertz CT molecular complexity index is 1460. The molecule has 1 aromatic heterocycles. The van der Waals surface area contributed by atoms with Gasteiger partial charge < -0.3 is 19.5 Å². The predicted octanol–water partition coefficient (Wildman–Crippen LogP) is 4.75. The molecule has 1 heterocycles. The maximum absolute atomic E-state index is 13.5. The highest BCUT2D eigenvalue weighted by Gasteiger charge is 2.33. The van der Waals surface area contributed by atoms with E-state index < -0.39 is 30.4 Å². The van der Waals surface area contributed by atoms with Crippen molar-refractivity contribution < 1.29 is 33.4 Å². The molecule has 0 aliphatic heterocycles. The largest absolute Gasteiger partial charge is 0.465 e. The average molecular weight is 533 g/mol. The lowest BCUT2D eigenvalue weighted by Gasteiger charge is -2.35. The summed E-state index contributed by atoms with van der Waals surface area (Å²) < 4.78 is 15.0. The number of aromatic nitrogens is 1. The molecule has 39 heavy (non-hydrogen) atoms. The lowest BCUT2D eigenvalue weighted by molar-refractivity contribution is -0.119. The number of rotatable bonds is 6. The number of pyridine rings is 1. The summed E-state index contributed by atoms with van der Waals surface area (Å²) in [6.45, 7) is 5.97. The normalized spacial score (nSPS) is 14.7. The molecule has 2 aromatic carbocycles. The van der Waals surface area contributed by atoms with Gasteiger partial charge in [0.1, 0.15) is 0 Å². The van der Waals surface area contributed by atoms with Crippen LogP contribution in [0.4, 0.5) is 5.69 Å². The van der Waals surface area contributed by atoms with E-state index in [9.17, 15) is 19.2 Å². The summed E-state index contributed by atoms with van der Waals surface area (Å²) in [5.74, 6) is -2.29. The SMILES string of the molecule is COC(=O)c1ccc(C(=O)OC)c(NC(=O)COC(=O)c2c3c(nc4ccccc24)CCC(C(C)(C)C)C3)c1. The minimum absolute atomic E-state index is 0.0329. The van der Waals surface area contributed by atoms with E-state index in [-0.39, 0.29) is 22.2 Å². The monoisotopic (exact) mass is 532 g/mol. The molecule has 204 valence electrons. The van der Waals surface area contributed by atoms with Crippen LogP contribution < -0.4 is 5.32 Å². The number of ether oxygens (including phenoxy) is 3. The van der Waals surface area contributed by atoms with Crippen LogP contribution >= 0.6 is 0 Å². The van der Waals surface area contributed by atoms with Crippen LogP contribution in [-0.4, -0.2) is 49.6 Å². The molecular formula is C30H32N2O7. The second-order valence-corrected chi connectivity index (χ2v) is 10.6. The smallest absolute Gasteiger partial charge is 0.339 e. The van der Waals surface area contributed by atoms with Gasteiger partial charge in [-0.05, 0) is 60.4 Å². The first kappa shape index (κ1) is 27.8. The van der Waals surface area contributed by atoms with Crippen LogP contribution in [-0.2, 0) is 31.8 Å². The lowest BCUT2D eigenvalue weighted by Crippen LogP contribution is -2.29. The van der Waals surface area contributed by atoms with Gasteiger partial charge in [0, 0.05) is 11.1 Å². The topological polar surface area (TPSA) is 121 Å². The van der Waals surface area contributed by atoms with Crippen LogP contribution in [0.25, 0.3) is 10.9 Å². The van der Waals surface area contributed by atoms with Crippen LogP contribution in [0.15, 0.2) is 42.5 Å². The Morgan fingerprint density at radius 3 is 2.38 bits per heavy atom. The molecule has 0 saturated carbocycles. The maximum Gasteiger partial charge on any atom is 0.339 e. The molecule has 1 N–H and O–H groups in total. The highest BCUT2D eigenvalue weighted by atomic mass is 16.5. The number of carbonyl (C=O) groups excluding carboxylic acids is 4. The molecule has 0 spiro atoms. The van der Waals surface area contributed by atoms with Crippen LogP contribution in [0.5, 0.6) is 0 Å². The van der Waals surface area contributed by atoms with Gasteiger partial charge in [0.05, 0.1) is 42.1 Å².